The van der Waals surface area contributed by atoms with E-state index in [1.807, 2.05) is 30.0 Å². The summed E-state index contributed by atoms with van der Waals surface area (Å²) in [5, 5.41) is 14.3. The number of halogens is 3. The van der Waals surface area contributed by atoms with Crippen LogP contribution in [0.25, 0.3) is 0 Å². The highest BCUT2D eigenvalue weighted by molar-refractivity contribution is 6.23. The Hall–Kier alpha value is -6.22. The summed E-state index contributed by atoms with van der Waals surface area (Å²) in [4.78, 5) is 79.6. The molecule has 2 N–H and O–H groups in total. The lowest BCUT2D eigenvalue weighted by atomic mass is 9.96. The van der Waals surface area contributed by atoms with Gasteiger partial charge < -0.3 is 24.9 Å². The van der Waals surface area contributed by atoms with Crippen molar-refractivity contribution in [3.8, 4) is 6.07 Å². The predicted molar refractivity (Wildman–Crippen MR) is 214 cm³/mol. The number of amides is 6. The van der Waals surface area contributed by atoms with Crippen molar-refractivity contribution in [2.45, 2.75) is 50.9 Å². The van der Waals surface area contributed by atoms with E-state index in [1.165, 1.54) is 12.1 Å². The van der Waals surface area contributed by atoms with Crippen LogP contribution in [0.1, 0.15) is 64.4 Å². The minimum absolute atomic E-state index is 0.0744. The maximum atomic E-state index is 13.6. The summed E-state index contributed by atoms with van der Waals surface area (Å²) in [7, 11) is 0. The van der Waals surface area contributed by atoms with Crippen molar-refractivity contribution in [2.24, 2.45) is 5.92 Å². The van der Waals surface area contributed by atoms with Gasteiger partial charge in [0.2, 0.25) is 11.8 Å². The largest absolute Gasteiger partial charge is 0.417 e. The minimum Gasteiger partial charge on any atom is -0.369 e. The Morgan fingerprint density at radius 1 is 0.867 bits per heavy atom. The molecule has 3 aromatic rings. The fourth-order valence-corrected chi connectivity index (χ4v) is 8.97. The van der Waals surface area contributed by atoms with Gasteiger partial charge in [0.15, 0.2) is 0 Å². The minimum atomic E-state index is -4.65. The first kappa shape index (κ1) is 40.6. The quantitative estimate of drug-likeness (QED) is 0.329. The Balaban J connectivity index is 0.771. The van der Waals surface area contributed by atoms with Gasteiger partial charge in [-0.15, -0.1) is 0 Å². The highest BCUT2D eigenvalue weighted by atomic mass is 19.4. The molecule has 5 aliphatic rings. The Morgan fingerprint density at radius 3 is 2.27 bits per heavy atom. The molecule has 4 fully saturated rings. The van der Waals surface area contributed by atoms with Crippen LogP contribution in [0.4, 0.5) is 40.8 Å². The number of carbonyl (C=O) groups is 5. The first-order chi connectivity index (χ1) is 28.8. The molecule has 314 valence electrons. The number of aromatic nitrogens is 1. The third-order valence-corrected chi connectivity index (χ3v) is 12.3. The standard InChI is InChI=1S/C42H45F3N10O5/c1-26-24-53(18-19-54(26)31-4-2-28(22-46)34(21-31)42(43,44)45)41(60)48-29-3-8-36(47-23-29)52-12-10-27(11-13-52)25-50-14-16-51(17-15-50)30-5-6-32-33(20-30)40(59)55(39(32)58)35-7-9-37(56)49-38(35)57/h2-6,8,20-21,23,26-27,35H,7,9-19,24-25H2,1H3,(H,48,60)(H,49,56,57)/t26-,35?/m0/s1. The lowest BCUT2D eigenvalue weighted by Crippen LogP contribution is -2.54. The van der Waals surface area contributed by atoms with E-state index < -0.39 is 47.0 Å². The second-order valence-corrected chi connectivity index (χ2v) is 16.1. The molecule has 4 saturated heterocycles. The van der Waals surface area contributed by atoms with Gasteiger partial charge in [0.25, 0.3) is 11.8 Å². The van der Waals surface area contributed by atoms with Crippen molar-refractivity contribution in [1.29, 1.82) is 5.26 Å². The van der Waals surface area contributed by atoms with Gasteiger partial charge in [-0.25, -0.2) is 9.78 Å². The van der Waals surface area contributed by atoms with Crippen molar-refractivity contribution in [1.82, 2.24) is 25.0 Å². The second kappa shape index (κ2) is 16.4. The number of hydrogen-bond acceptors (Lipinski definition) is 11. The molecule has 0 spiro atoms. The van der Waals surface area contributed by atoms with Crippen molar-refractivity contribution in [3.05, 3.63) is 77.0 Å². The molecule has 0 aliphatic carbocycles. The first-order valence-electron chi connectivity index (χ1n) is 20.2. The number of rotatable bonds is 7. The number of benzene rings is 2. The van der Waals surface area contributed by atoms with E-state index in [1.54, 1.807) is 29.3 Å². The number of nitrogens with one attached hydrogen (secondary N) is 2. The van der Waals surface area contributed by atoms with E-state index in [0.29, 0.717) is 36.9 Å². The average Bonchev–Trinajstić information content (AvgIpc) is 3.48. The highest BCUT2D eigenvalue weighted by Gasteiger charge is 2.45. The smallest absolute Gasteiger partial charge is 0.369 e. The Morgan fingerprint density at radius 2 is 1.60 bits per heavy atom. The molecule has 60 heavy (non-hydrogen) atoms. The maximum Gasteiger partial charge on any atom is 0.417 e. The van der Waals surface area contributed by atoms with E-state index in [2.05, 4.69) is 30.3 Å². The number of imide groups is 2. The predicted octanol–water partition coefficient (Wildman–Crippen LogP) is 4.15. The Bertz CT molecular complexity index is 2230. The average molecular weight is 827 g/mol. The summed E-state index contributed by atoms with van der Waals surface area (Å²) in [6.07, 6.45) is -0.803. The first-order valence-corrected chi connectivity index (χ1v) is 20.2. The molecule has 15 nitrogen and oxygen atoms in total. The zero-order valence-electron chi connectivity index (χ0n) is 33.1. The number of piperidine rings is 2. The number of piperazine rings is 2. The number of urea groups is 1. The van der Waals surface area contributed by atoms with Crippen molar-refractivity contribution < 1.29 is 37.1 Å². The van der Waals surface area contributed by atoms with E-state index in [9.17, 15) is 37.1 Å². The normalized spacial score (nSPS) is 21.9. The van der Waals surface area contributed by atoms with Gasteiger partial charge in [-0.05, 0) is 80.6 Å². The summed E-state index contributed by atoms with van der Waals surface area (Å²) < 4.78 is 40.7. The summed E-state index contributed by atoms with van der Waals surface area (Å²) in [5.74, 6) is -0.693. The number of alkyl halides is 3. The van der Waals surface area contributed by atoms with Crippen LogP contribution in [0.3, 0.4) is 0 Å². The Labute approximate surface area is 344 Å². The van der Waals surface area contributed by atoms with Gasteiger partial charge in [0, 0.05) is 89.3 Å². The molecular formula is C42H45F3N10O5. The maximum absolute atomic E-state index is 13.6. The number of anilines is 4. The molecule has 6 heterocycles. The number of hydrogen-bond donors (Lipinski definition) is 2. The molecule has 0 radical (unpaired) electrons. The Kier molecular flexibility index (Phi) is 11.1. The second-order valence-electron chi connectivity index (χ2n) is 16.1. The molecule has 2 atom stereocenters. The molecule has 6 amide bonds. The molecule has 1 aromatic heterocycles. The van der Waals surface area contributed by atoms with E-state index in [-0.39, 0.29) is 36.0 Å². The molecular weight excluding hydrogens is 782 g/mol. The van der Waals surface area contributed by atoms with Crippen LogP contribution >= 0.6 is 0 Å². The SMILES string of the molecule is C[C@H]1CN(C(=O)Nc2ccc(N3CCC(CN4CCN(c5ccc6c(c5)C(=O)N(C5CCC(=O)NC5=O)C6=O)CC4)CC3)nc2)CCN1c1ccc(C#N)c(C(F)(F)F)c1. The monoisotopic (exact) mass is 826 g/mol. The molecule has 2 aromatic carbocycles. The van der Waals surface area contributed by atoms with Crippen LogP contribution in [-0.4, -0.2) is 127 Å². The number of fused-ring (bicyclic) bond motifs is 1. The van der Waals surface area contributed by atoms with Gasteiger partial charge in [-0.3, -0.25) is 34.3 Å². The van der Waals surface area contributed by atoms with E-state index >= 15 is 0 Å². The van der Waals surface area contributed by atoms with Crippen molar-refractivity contribution in [2.75, 3.05) is 85.5 Å². The van der Waals surface area contributed by atoms with E-state index in [0.717, 1.165) is 81.1 Å². The number of pyridine rings is 1. The van der Waals surface area contributed by atoms with Crippen LogP contribution < -0.4 is 25.3 Å². The zero-order valence-corrected chi connectivity index (χ0v) is 33.1. The van der Waals surface area contributed by atoms with Gasteiger partial charge >= 0.3 is 12.2 Å². The summed E-state index contributed by atoms with van der Waals surface area (Å²) in [6, 6.07) is 12.7. The zero-order chi connectivity index (χ0) is 42.3. The summed E-state index contributed by atoms with van der Waals surface area (Å²) in [5.41, 5.74) is 0.913. The van der Waals surface area contributed by atoms with Crippen LogP contribution in [0.2, 0.25) is 0 Å². The molecule has 8 rings (SSSR count). The molecule has 18 heteroatoms. The van der Waals surface area contributed by atoms with Crippen LogP contribution in [0.15, 0.2) is 54.7 Å². The molecule has 1 unspecified atom stereocenters. The highest BCUT2D eigenvalue weighted by Crippen LogP contribution is 2.36. The topological polar surface area (TPSA) is 166 Å². The number of nitrogens with zero attached hydrogens (tertiary/aromatic N) is 8. The number of nitriles is 1. The van der Waals surface area contributed by atoms with Gasteiger partial charge in [0.05, 0.1) is 40.2 Å². The number of carbonyl (C=O) groups excluding carboxylic acids is 5. The van der Waals surface area contributed by atoms with Crippen LogP contribution in [-0.2, 0) is 15.8 Å². The van der Waals surface area contributed by atoms with Gasteiger partial charge in [-0.2, -0.15) is 18.4 Å². The molecule has 5 aliphatic heterocycles. The van der Waals surface area contributed by atoms with Crippen LogP contribution in [0, 0.1) is 17.2 Å². The summed E-state index contributed by atoms with van der Waals surface area (Å²) >= 11 is 0. The van der Waals surface area contributed by atoms with Gasteiger partial charge in [0.1, 0.15) is 11.9 Å². The van der Waals surface area contributed by atoms with Crippen molar-refractivity contribution >= 4 is 52.5 Å². The molecule has 0 bridgehead atoms. The fourth-order valence-electron chi connectivity index (χ4n) is 8.97. The van der Waals surface area contributed by atoms with Crippen molar-refractivity contribution in [3.63, 3.8) is 0 Å². The van der Waals surface area contributed by atoms with E-state index in [4.69, 9.17) is 5.26 Å². The fraction of sp³-hybridized carbons (Fsp3) is 0.452. The summed E-state index contributed by atoms with van der Waals surface area (Å²) in [6.45, 7) is 8.73. The van der Waals surface area contributed by atoms with Crippen LogP contribution in [0.5, 0.6) is 0 Å². The lowest BCUT2D eigenvalue weighted by molar-refractivity contribution is -0.138. The third kappa shape index (κ3) is 8.18. The van der Waals surface area contributed by atoms with Gasteiger partial charge in [-0.1, -0.05) is 0 Å². The third-order valence-electron chi connectivity index (χ3n) is 12.3. The lowest BCUT2D eigenvalue weighted by Gasteiger charge is -2.41. The molecule has 0 saturated carbocycles.